The highest BCUT2D eigenvalue weighted by Gasteiger charge is 2.23. The monoisotopic (exact) mass is 277 g/mol. The molecule has 3 heteroatoms. The molecule has 0 bridgehead atoms. The van der Waals surface area contributed by atoms with Gasteiger partial charge >= 0.3 is 0 Å². The van der Waals surface area contributed by atoms with Gasteiger partial charge in [-0.25, -0.2) is 0 Å². The minimum Gasteiger partial charge on any atom is -0.391 e. The van der Waals surface area contributed by atoms with Crippen molar-refractivity contribution in [2.24, 2.45) is 5.92 Å². The molecule has 1 atom stereocenters. The molecule has 90 valence electrons. The lowest BCUT2D eigenvalue weighted by atomic mass is 9.84. The van der Waals surface area contributed by atoms with Crippen LogP contribution in [-0.2, 0) is 0 Å². The molecule has 1 N–H and O–H groups in total. The van der Waals surface area contributed by atoms with Crippen LogP contribution in [0.4, 0.5) is 0 Å². The van der Waals surface area contributed by atoms with Crippen molar-refractivity contribution in [3.8, 4) is 0 Å². The number of hydrogen-bond acceptors (Lipinski definition) is 2. The Morgan fingerprint density at radius 2 is 1.93 bits per heavy atom. The van der Waals surface area contributed by atoms with E-state index in [0.29, 0.717) is 11.4 Å². The van der Waals surface area contributed by atoms with E-state index in [1.807, 2.05) is 0 Å². The Kier molecular flexibility index (Phi) is 6.17. The molecular weight excluding hydrogens is 254 g/mol. The summed E-state index contributed by atoms with van der Waals surface area (Å²) in [6.45, 7) is 3.09. The number of hydrogen-bond donors (Lipinski definition) is 1. The number of rotatable bonds is 5. The van der Waals surface area contributed by atoms with Gasteiger partial charge in [-0.2, -0.15) is 0 Å². The highest BCUT2D eigenvalue weighted by atomic mass is 79.9. The lowest BCUT2D eigenvalue weighted by Crippen LogP contribution is -2.40. The molecule has 0 heterocycles. The Hall–Kier alpha value is 0.400. The molecule has 1 rings (SSSR count). The van der Waals surface area contributed by atoms with Gasteiger partial charge in [0, 0.05) is 17.9 Å². The maximum atomic E-state index is 9.57. The minimum absolute atomic E-state index is 0.223. The van der Waals surface area contributed by atoms with Crippen LogP contribution in [0, 0.1) is 5.92 Å². The molecule has 1 unspecified atom stereocenters. The van der Waals surface area contributed by atoms with Crippen molar-refractivity contribution in [3.63, 3.8) is 0 Å². The molecular formula is C12H24BrNO. The van der Waals surface area contributed by atoms with Crippen LogP contribution in [0.25, 0.3) is 0 Å². The van der Waals surface area contributed by atoms with E-state index in [1.165, 1.54) is 32.1 Å². The highest BCUT2D eigenvalue weighted by molar-refractivity contribution is 9.09. The van der Waals surface area contributed by atoms with Gasteiger partial charge in [0.15, 0.2) is 0 Å². The van der Waals surface area contributed by atoms with Gasteiger partial charge in [0.1, 0.15) is 0 Å². The first-order chi connectivity index (χ1) is 7.17. The average Bonchev–Trinajstić information content (AvgIpc) is 2.29. The number of aliphatic hydroxyl groups excluding tert-OH is 1. The van der Waals surface area contributed by atoms with Gasteiger partial charge in [0.2, 0.25) is 0 Å². The largest absolute Gasteiger partial charge is 0.391 e. The smallest absolute Gasteiger partial charge is 0.0763 e. The SMILES string of the molecule is CCC1CCC(N(C)CC(O)CBr)CC1. The summed E-state index contributed by atoms with van der Waals surface area (Å²) in [5.41, 5.74) is 0. The molecule has 0 aromatic carbocycles. The Bertz CT molecular complexity index is 169. The van der Waals surface area contributed by atoms with E-state index < -0.39 is 0 Å². The van der Waals surface area contributed by atoms with E-state index in [0.717, 1.165) is 12.5 Å². The molecule has 0 spiro atoms. The molecule has 15 heavy (non-hydrogen) atoms. The van der Waals surface area contributed by atoms with Gasteiger partial charge in [-0.1, -0.05) is 29.3 Å². The fourth-order valence-electron chi connectivity index (χ4n) is 2.52. The van der Waals surface area contributed by atoms with Crippen LogP contribution in [0.3, 0.4) is 0 Å². The molecule has 0 radical (unpaired) electrons. The summed E-state index contributed by atoms with van der Waals surface area (Å²) in [5, 5.41) is 10.3. The summed E-state index contributed by atoms with van der Waals surface area (Å²) < 4.78 is 0. The first kappa shape index (κ1) is 13.5. The molecule has 1 saturated carbocycles. The molecule has 1 aliphatic carbocycles. The van der Waals surface area contributed by atoms with Gasteiger partial charge in [-0.15, -0.1) is 0 Å². The standard InChI is InChI=1S/C12H24BrNO/c1-3-10-4-6-11(7-5-10)14(2)9-12(15)8-13/h10-12,15H,3-9H2,1-2H3. The summed E-state index contributed by atoms with van der Waals surface area (Å²) in [5.74, 6) is 0.954. The summed E-state index contributed by atoms with van der Waals surface area (Å²) in [7, 11) is 2.14. The second kappa shape index (κ2) is 6.87. The van der Waals surface area contributed by atoms with E-state index in [-0.39, 0.29) is 6.10 Å². The Morgan fingerprint density at radius 3 is 2.40 bits per heavy atom. The molecule has 0 saturated heterocycles. The number of likely N-dealkylation sites (N-methyl/N-ethyl adjacent to an activating group) is 1. The summed E-state index contributed by atoms with van der Waals surface area (Å²) in [6.07, 6.45) is 6.47. The first-order valence-electron chi connectivity index (χ1n) is 6.11. The fourth-order valence-corrected chi connectivity index (χ4v) is 2.73. The van der Waals surface area contributed by atoms with Crippen LogP contribution >= 0.6 is 15.9 Å². The van der Waals surface area contributed by atoms with E-state index >= 15 is 0 Å². The average molecular weight is 278 g/mol. The van der Waals surface area contributed by atoms with Crippen LogP contribution in [-0.4, -0.2) is 41.1 Å². The number of alkyl halides is 1. The maximum Gasteiger partial charge on any atom is 0.0763 e. The van der Waals surface area contributed by atoms with Crippen LogP contribution in [0.5, 0.6) is 0 Å². The minimum atomic E-state index is -0.223. The van der Waals surface area contributed by atoms with Gasteiger partial charge in [-0.05, 0) is 38.6 Å². The zero-order valence-electron chi connectivity index (χ0n) is 9.95. The number of halogens is 1. The Morgan fingerprint density at radius 1 is 1.33 bits per heavy atom. The van der Waals surface area contributed by atoms with Gasteiger partial charge < -0.3 is 10.0 Å². The van der Waals surface area contributed by atoms with Crippen molar-refractivity contribution in [1.29, 1.82) is 0 Å². The maximum absolute atomic E-state index is 9.57. The number of aliphatic hydroxyl groups is 1. The first-order valence-corrected chi connectivity index (χ1v) is 7.23. The second-order valence-corrected chi connectivity index (χ2v) is 5.48. The Labute approximate surface area is 102 Å². The number of nitrogens with zero attached hydrogens (tertiary/aromatic N) is 1. The van der Waals surface area contributed by atoms with Crippen molar-refractivity contribution < 1.29 is 5.11 Å². The molecule has 0 aliphatic heterocycles. The van der Waals surface area contributed by atoms with Crippen LogP contribution < -0.4 is 0 Å². The van der Waals surface area contributed by atoms with E-state index in [1.54, 1.807) is 0 Å². The van der Waals surface area contributed by atoms with Crippen molar-refractivity contribution in [2.75, 3.05) is 18.9 Å². The van der Waals surface area contributed by atoms with Gasteiger partial charge in [0.05, 0.1) is 6.10 Å². The molecule has 0 aromatic rings. The molecule has 0 aromatic heterocycles. The van der Waals surface area contributed by atoms with Gasteiger partial charge in [-0.3, -0.25) is 0 Å². The quantitative estimate of drug-likeness (QED) is 0.781. The third-order valence-corrected chi connectivity index (χ3v) is 4.44. The van der Waals surface area contributed by atoms with E-state index in [4.69, 9.17) is 0 Å². The predicted molar refractivity (Wildman–Crippen MR) is 68.5 cm³/mol. The molecule has 0 amide bonds. The Balaban J connectivity index is 2.26. The topological polar surface area (TPSA) is 23.5 Å². The van der Waals surface area contributed by atoms with Crippen molar-refractivity contribution >= 4 is 15.9 Å². The van der Waals surface area contributed by atoms with E-state index in [2.05, 4.69) is 34.8 Å². The summed E-state index contributed by atoms with van der Waals surface area (Å²) in [6, 6.07) is 0.696. The zero-order chi connectivity index (χ0) is 11.3. The third kappa shape index (κ3) is 4.41. The second-order valence-electron chi connectivity index (χ2n) is 4.83. The highest BCUT2D eigenvalue weighted by Crippen LogP contribution is 2.28. The summed E-state index contributed by atoms with van der Waals surface area (Å²) >= 11 is 3.31. The van der Waals surface area contributed by atoms with Crippen molar-refractivity contribution in [3.05, 3.63) is 0 Å². The fraction of sp³-hybridized carbons (Fsp3) is 1.00. The molecule has 1 aliphatic rings. The van der Waals surface area contributed by atoms with Gasteiger partial charge in [0.25, 0.3) is 0 Å². The van der Waals surface area contributed by atoms with Crippen LogP contribution in [0.1, 0.15) is 39.0 Å². The normalized spacial score (nSPS) is 29.4. The third-order valence-electron chi connectivity index (χ3n) is 3.69. The van der Waals surface area contributed by atoms with Crippen molar-refractivity contribution in [1.82, 2.24) is 4.90 Å². The lowest BCUT2D eigenvalue weighted by Gasteiger charge is -2.35. The lowest BCUT2D eigenvalue weighted by molar-refractivity contribution is 0.0968. The van der Waals surface area contributed by atoms with Crippen LogP contribution in [0.2, 0.25) is 0 Å². The zero-order valence-corrected chi connectivity index (χ0v) is 11.5. The predicted octanol–water partition coefficient (Wildman–Crippen LogP) is 2.64. The van der Waals surface area contributed by atoms with Crippen molar-refractivity contribution in [2.45, 2.75) is 51.2 Å². The summed E-state index contributed by atoms with van der Waals surface area (Å²) in [4.78, 5) is 2.33. The van der Waals surface area contributed by atoms with Crippen LogP contribution in [0.15, 0.2) is 0 Å². The van der Waals surface area contributed by atoms with E-state index in [9.17, 15) is 5.11 Å². The molecule has 2 nitrogen and oxygen atoms in total. The molecule has 1 fully saturated rings.